The van der Waals surface area contributed by atoms with Crippen molar-refractivity contribution in [3.8, 4) is 17.3 Å². The summed E-state index contributed by atoms with van der Waals surface area (Å²) in [6, 6.07) is 5.90. The van der Waals surface area contributed by atoms with Crippen molar-refractivity contribution >= 4 is 5.82 Å². The van der Waals surface area contributed by atoms with Crippen molar-refractivity contribution in [2.24, 2.45) is 17.3 Å². The highest BCUT2D eigenvalue weighted by molar-refractivity contribution is 5.55. The summed E-state index contributed by atoms with van der Waals surface area (Å²) in [6.45, 7) is 10.7. The molecule has 7 rings (SSSR count). The second-order valence-electron chi connectivity index (χ2n) is 13.7. The van der Waals surface area contributed by atoms with E-state index in [1.165, 1.54) is 31.3 Å². The predicted octanol–water partition coefficient (Wildman–Crippen LogP) is 4.45. The Morgan fingerprint density at radius 2 is 1.86 bits per heavy atom. The Morgan fingerprint density at radius 3 is 2.57 bits per heavy atom. The fraction of sp³-hybridized carbons (Fsp3) is 0.645. The van der Waals surface area contributed by atoms with Gasteiger partial charge in [-0.1, -0.05) is 13.8 Å². The minimum Gasteiger partial charge on any atom is -0.433 e. The Bertz CT molecular complexity index is 1440. The van der Waals surface area contributed by atoms with Gasteiger partial charge in [0, 0.05) is 55.7 Å². The van der Waals surface area contributed by atoms with E-state index in [4.69, 9.17) is 4.74 Å². The second-order valence-corrected chi connectivity index (χ2v) is 13.7. The largest absolute Gasteiger partial charge is 0.433 e. The third-order valence-electron chi connectivity index (χ3n) is 10.0. The molecule has 2 saturated carbocycles. The van der Waals surface area contributed by atoms with E-state index in [1.54, 1.807) is 6.07 Å². The third kappa shape index (κ3) is 4.94. The zero-order valence-corrected chi connectivity index (χ0v) is 25.4. The molecule has 1 aromatic carbocycles. The first-order valence-electron chi connectivity index (χ1n) is 15.4. The average molecular weight is 576 g/mol. The van der Waals surface area contributed by atoms with Crippen LogP contribution in [0.15, 0.2) is 24.5 Å². The lowest BCUT2D eigenvalue weighted by molar-refractivity contribution is -0.0762. The minimum atomic E-state index is -0.348. The molecule has 2 aliphatic heterocycles. The van der Waals surface area contributed by atoms with Crippen LogP contribution in [-0.4, -0.2) is 92.1 Å². The van der Waals surface area contributed by atoms with Gasteiger partial charge in [0.25, 0.3) is 5.88 Å². The van der Waals surface area contributed by atoms with Crippen molar-refractivity contribution in [2.75, 3.05) is 45.2 Å². The van der Waals surface area contributed by atoms with Gasteiger partial charge >= 0.3 is 0 Å². The van der Waals surface area contributed by atoms with Crippen LogP contribution in [0.1, 0.15) is 63.5 Å². The summed E-state index contributed by atoms with van der Waals surface area (Å²) < 4.78 is 22.8. The van der Waals surface area contributed by atoms with Crippen LogP contribution in [0.4, 0.5) is 10.2 Å². The monoisotopic (exact) mass is 575 g/mol. The molecular formula is C31H42FN9O. The predicted molar refractivity (Wildman–Crippen MR) is 158 cm³/mol. The Balaban J connectivity index is 1.08. The molecule has 1 atom stereocenters. The van der Waals surface area contributed by atoms with Gasteiger partial charge in [-0.25, -0.2) is 9.37 Å². The first-order valence-corrected chi connectivity index (χ1v) is 15.4. The lowest BCUT2D eigenvalue weighted by Gasteiger charge is -2.57. The van der Waals surface area contributed by atoms with Gasteiger partial charge in [-0.05, 0) is 77.1 Å². The molecule has 2 saturated heterocycles. The minimum absolute atomic E-state index is 0.264. The normalized spacial score (nSPS) is 24.3. The topological polar surface area (TPSA) is 88.3 Å². The fourth-order valence-electron chi connectivity index (χ4n) is 7.67. The van der Waals surface area contributed by atoms with E-state index < -0.39 is 0 Å². The molecule has 42 heavy (non-hydrogen) atoms. The molecular weight excluding hydrogens is 533 g/mol. The number of hydrogen-bond acceptors (Lipinski definition) is 9. The van der Waals surface area contributed by atoms with Gasteiger partial charge < -0.3 is 14.5 Å². The van der Waals surface area contributed by atoms with Crippen LogP contribution < -0.4 is 9.64 Å². The van der Waals surface area contributed by atoms with Crippen molar-refractivity contribution in [3.63, 3.8) is 0 Å². The van der Waals surface area contributed by atoms with E-state index in [0.29, 0.717) is 46.8 Å². The second kappa shape index (κ2) is 10.5. The highest BCUT2D eigenvalue weighted by Gasteiger charge is 2.53. The molecule has 224 valence electrons. The number of likely N-dealkylation sites (tertiary alicyclic amines) is 1. The summed E-state index contributed by atoms with van der Waals surface area (Å²) in [4.78, 5) is 12.0. The summed E-state index contributed by atoms with van der Waals surface area (Å²) >= 11 is 0. The Labute approximate surface area is 247 Å². The molecule has 0 unspecified atom stereocenters. The van der Waals surface area contributed by atoms with Crippen LogP contribution in [0, 0.1) is 30.0 Å². The molecule has 4 heterocycles. The molecule has 0 radical (unpaired) electrons. The number of aromatic nitrogens is 6. The maximum atomic E-state index is 14.5. The van der Waals surface area contributed by atoms with E-state index in [0.717, 1.165) is 63.2 Å². The zero-order valence-electron chi connectivity index (χ0n) is 25.4. The summed E-state index contributed by atoms with van der Waals surface area (Å²) in [5, 5.41) is 17.1. The molecule has 1 spiro atoms. The first-order chi connectivity index (χ1) is 20.2. The summed E-state index contributed by atoms with van der Waals surface area (Å²) in [7, 11) is 4.41. The molecule has 10 nitrogen and oxygen atoms in total. The van der Waals surface area contributed by atoms with Gasteiger partial charge in [-0.3, -0.25) is 9.47 Å². The van der Waals surface area contributed by atoms with E-state index in [1.807, 2.05) is 11.5 Å². The smallest absolute Gasteiger partial charge is 0.282 e. The van der Waals surface area contributed by atoms with E-state index in [9.17, 15) is 4.39 Å². The van der Waals surface area contributed by atoms with Gasteiger partial charge in [-0.15, -0.1) is 20.4 Å². The van der Waals surface area contributed by atoms with Gasteiger partial charge in [0.15, 0.2) is 11.6 Å². The Morgan fingerprint density at radius 1 is 1.07 bits per heavy atom. The van der Waals surface area contributed by atoms with Crippen molar-refractivity contribution in [2.45, 2.75) is 70.9 Å². The molecule has 11 heteroatoms. The molecule has 0 bridgehead atoms. The molecule has 3 aromatic rings. The van der Waals surface area contributed by atoms with Gasteiger partial charge in [0.05, 0.1) is 5.69 Å². The number of anilines is 1. The van der Waals surface area contributed by atoms with Crippen LogP contribution in [-0.2, 0) is 0 Å². The van der Waals surface area contributed by atoms with Crippen LogP contribution in [0.25, 0.3) is 5.69 Å². The summed E-state index contributed by atoms with van der Waals surface area (Å²) in [6.07, 6.45) is 7.33. The summed E-state index contributed by atoms with van der Waals surface area (Å²) in [5.41, 5.74) is 0.829. The quantitative estimate of drug-likeness (QED) is 0.367. The van der Waals surface area contributed by atoms with E-state index >= 15 is 0 Å². The van der Waals surface area contributed by atoms with Crippen molar-refractivity contribution in [3.05, 3.63) is 42.0 Å². The maximum Gasteiger partial charge on any atom is 0.282 e. The summed E-state index contributed by atoms with van der Waals surface area (Å²) in [5.74, 6) is 4.47. The first kappa shape index (κ1) is 27.6. The van der Waals surface area contributed by atoms with Crippen molar-refractivity contribution in [1.82, 2.24) is 39.7 Å². The lowest BCUT2D eigenvalue weighted by Crippen LogP contribution is -2.65. The highest BCUT2D eigenvalue weighted by Crippen LogP contribution is 2.48. The van der Waals surface area contributed by atoms with Gasteiger partial charge in [0.2, 0.25) is 0 Å². The van der Waals surface area contributed by atoms with Crippen LogP contribution in [0.2, 0.25) is 0 Å². The van der Waals surface area contributed by atoms with E-state index in [2.05, 4.69) is 68.0 Å². The fourth-order valence-corrected chi connectivity index (χ4v) is 7.67. The van der Waals surface area contributed by atoms with Crippen LogP contribution in [0.5, 0.6) is 11.6 Å². The molecule has 2 aliphatic carbocycles. The number of benzene rings is 1. The molecule has 0 amide bonds. The van der Waals surface area contributed by atoms with Gasteiger partial charge in [-0.2, -0.15) is 0 Å². The maximum absolute atomic E-state index is 14.5. The van der Waals surface area contributed by atoms with Crippen LogP contribution in [0.3, 0.4) is 0 Å². The average Bonchev–Trinajstić information content (AvgIpc) is 3.54. The van der Waals surface area contributed by atoms with Gasteiger partial charge in [0.1, 0.15) is 23.8 Å². The number of hydrogen-bond donors (Lipinski definition) is 0. The molecule has 2 aromatic heterocycles. The Hall–Kier alpha value is -3.18. The third-order valence-corrected chi connectivity index (χ3v) is 10.0. The Kier molecular flexibility index (Phi) is 6.92. The standard InChI is InChI=1S/C31H42FN9O/c1-19(2)27(22-12-24(13-22)38(4)5)40-16-31(17-40)10-11-39(15-31)29-30(37-34-18-33-29)42-26-9-8-23(32)14-25(26)41-20(3)35-36-28(41)21-6-7-21/h8-9,14,18-19,21-22,24,27H,6-7,10-13,15-17H2,1-5H3/t22?,24?,27-/m1/s1. The molecule has 4 fully saturated rings. The number of nitrogens with zero attached hydrogens (tertiary/aromatic N) is 9. The number of ether oxygens (including phenoxy) is 1. The van der Waals surface area contributed by atoms with E-state index in [-0.39, 0.29) is 11.2 Å². The highest BCUT2D eigenvalue weighted by atomic mass is 19.1. The number of halogens is 1. The SMILES string of the molecule is Cc1nnc(C2CC2)n1-c1cc(F)ccc1Oc1nncnc1N1CCC2(C1)CN([C@H](C(C)C)C1CC(N(C)C)C1)C2. The molecule has 0 N–H and O–H groups in total. The lowest BCUT2D eigenvalue weighted by atomic mass is 9.68. The zero-order chi connectivity index (χ0) is 29.2. The van der Waals surface area contributed by atoms with Crippen LogP contribution >= 0.6 is 0 Å². The van der Waals surface area contributed by atoms with Crippen molar-refractivity contribution in [1.29, 1.82) is 0 Å². The number of aryl methyl sites for hydroxylation is 1. The molecule has 4 aliphatic rings. The van der Waals surface area contributed by atoms with Crippen molar-refractivity contribution < 1.29 is 9.13 Å². The number of rotatable bonds is 9.